The van der Waals surface area contributed by atoms with Crippen LogP contribution in [0.15, 0.2) is 24.3 Å². The molecule has 0 bridgehead atoms. The summed E-state index contributed by atoms with van der Waals surface area (Å²) in [5.74, 6) is 2.77. The molecule has 1 aromatic rings. The van der Waals surface area contributed by atoms with Crippen LogP contribution in [0.25, 0.3) is 0 Å². The molecule has 2 atom stereocenters. The zero-order valence-corrected chi connectivity index (χ0v) is 12.8. The van der Waals surface area contributed by atoms with Crippen LogP contribution in [0.4, 0.5) is 0 Å². The van der Waals surface area contributed by atoms with Gasteiger partial charge in [-0.1, -0.05) is 25.0 Å². The summed E-state index contributed by atoms with van der Waals surface area (Å²) in [6, 6.07) is 8.47. The Labute approximate surface area is 122 Å². The van der Waals surface area contributed by atoms with Gasteiger partial charge in [-0.25, -0.2) is 0 Å². The summed E-state index contributed by atoms with van der Waals surface area (Å²) in [5, 5.41) is 0. The Hall–Kier alpha value is -1.02. The van der Waals surface area contributed by atoms with Gasteiger partial charge in [-0.3, -0.25) is 0 Å². The number of rotatable bonds is 4. The van der Waals surface area contributed by atoms with Crippen LogP contribution in [0.1, 0.15) is 57.9 Å². The molecule has 2 fully saturated rings. The van der Waals surface area contributed by atoms with E-state index in [1.807, 2.05) is 6.07 Å². The summed E-state index contributed by atoms with van der Waals surface area (Å²) >= 11 is 0. The third-order valence-electron chi connectivity index (χ3n) is 4.89. The van der Waals surface area contributed by atoms with Crippen LogP contribution in [-0.4, -0.2) is 6.10 Å². The van der Waals surface area contributed by atoms with E-state index in [0.717, 1.165) is 30.4 Å². The highest BCUT2D eigenvalue weighted by atomic mass is 16.5. The minimum absolute atomic E-state index is 0.137. The van der Waals surface area contributed by atoms with Crippen molar-refractivity contribution in [3.8, 4) is 5.75 Å². The Morgan fingerprint density at radius 1 is 1.20 bits per heavy atom. The summed E-state index contributed by atoms with van der Waals surface area (Å²) in [5.41, 5.74) is 7.91. The van der Waals surface area contributed by atoms with Crippen molar-refractivity contribution >= 4 is 0 Å². The molecule has 0 heterocycles. The van der Waals surface area contributed by atoms with Crippen molar-refractivity contribution in [2.24, 2.45) is 17.6 Å². The van der Waals surface area contributed by atoms with Crippen LogP contribution >= 0.6 is 0 Å². The number of hydrogen-bond donors (Lipinski definition) is 1. The summed E-state index contributed by atoms with van der Waals surface area (Å²) in [6.45, 7) is 4.13. The van der Waals surface area contributed by atoms with Crippen molar-refractivity contribution in [3.05, 3.63) is 29.8 Å². The third kappa shape index (κ3) is 3.01. The third-order valence-corrected chi connectivity index (χ3v) is 4.89. The second-order valence-electron chi connectivity index (χ2n) is 7.04. The highest BCUT2D eigenvalue weighted by Crippen LogP contribution is 2.48. The molecular weight excluding hydrogens is 246 g/mol. The molecule has 2 aliphatic carbocycles. The maximum absolute atomic E-state index is 6.78. The lowest BCUT2D eigenvalue weighted by molar-refractivity contribution is 0.204. The summed E-state index contributed by atoms with van der Waals surface area (Å²) in [7, 11) is 0. The molecule has 0 spiro atoms. The standard InChI is InChI=1S/C18H27NO/c1-13(2)20-17-7-3-6-16(11-17)18(19)10-4-5-15(12-18)14-8-9-14/h3,6-7,11,13-15H,4-5,8-10,12,19H2,1-2H3. The smallest absolute Gasteiger partial charge is 0.120 e. The van der Waals surface area contributed by atoms with E-state index >= 15 is 0 Å². The van der Waals surface area contributed by atoms with E-state index in [1.54, 1.807) is 0 Å². The molecule has 110 valence electrons. The van der Waals surface area contributed by atoms with Crippen molar-refractivity contribution in [1.82, 2.24) is 0 Å². The lowest BCUT2D eigenvalue weighted by Crippen LogP contribution is -2.41. The maximum Gasteiger partial charge on any atom is 0.120 e. The molecule has 0 aliphatic heterocycles. The second kappa shape index (κ2) is 5.40. The predicted molar refractivity (Wildman–Crippen MR) is 82.8 cm³/mol. The molecule has 3 rings (SSSR count). The van der Waals surface area contributed by atoms with E-state index in [2.05, 4.69) is 32.0 Å². The fourth-order valence-corrected chi connectivity index (χ4v) is 3.74. The van der Waals surface area contributed by atoms with Gasteiger partial charge in [-0.15, -0.1) is 0 Å². The van der Waals surface area contributed by atoms with E-state index in [-0.39, 0.29) is 11.6 Å². The minimum Gasteiger partial charge on any atom is -0.491 e. The first kappa shape index (κ1) is 13.9. The second-order valence-corrected chi connectivity index (χ2v) is 7.04. The molecule has 1 aromatic carbocycles. The maximum atomic E-state index is 6.78. The molecule has 2 saturated carbocycles. The lowest BCUT2D eigenvalue weighted by atomic mass is 9.71. The van der Waals surface area contributed by atoms with Crippen molar-refractivity contribution in [1.29, 1.82) is 0 Å². The van der Waals surface area contributed by atoms with Crippen LogP contribution < -0.4 is 10.5 Å². The molecule has 0 aromatic heterocycles. The molecule has 0 amide bonds. The van der Waals surface area contributed by atoms with Crippen LogP contribution in [0.3, 0.4) is 0 Å². The highest BCUT2D eigenvalue weighted by Gasteiger charge is 2.40. The normalized spacial score (nSPS) is 30.5. The topological polar surface area (TPSA) is 35.2 Å². The van der Waals surface area contributed by atoms with E-state index in [9.17, 15) is 0 Å². The first-order valence-electron chi connectivity index (χ1n) is 8.13. The monoisotopic (exact) mass is 273 g/mol. The van der Waals surface area contributed by atoms with Crippen LogP contribution in [0.2, 0.25) is 0 Å². The van der Waals surface area contributed by atoms with E-state index < -0.39 is 0 Å². The Morgan fingerprint density at radius 3 is 2.70 bits per heavy atom. The van der Waals surface area contributed by atoms with Crippen molar-refractivity contribution in [3.63, 3.8) is 0 Å². The van der Waals surface area contributed by atoms with Crippen molar-refractivity contribution < 1.29 is 4.74 Å². The number of benzene rings is 1. The molecule has 2 unspecified atom stereocenters. The Balaban J connectivity index is 1.79. The molecule has 2 N–H and O–H groups in total. The average molecular weight is 273 g/mol. The Kier molecular flexibility index (Phi) is 3.76. The van der Waals surface area contributed by atoms with Gasteiger partial charge in [0.15, 0.2) is 0 Å². The van der Waals surface area contributed by atoms with Crippen LogP contribution in [-0.2, 0) is 5.54 Å². The minimum atomic E-state index is -0.137. The molecule has 2 aliphatic rings. The van der Waals surface area contributed by atoms with Gasteiger partial charge in [0, 0.05) is 5.54 Å². The largest absolute Gasteiger partial charge is 0.491 e. The van der Waals surface area contributed by atoms with Gasteiger partial charge in [0.25, 0.3) is 0 Å². The molecule has 2 nitrogen and oxygen atoms in total. The van der Waals surface area contributed by atoms with Gasteiger partial charge in [0.2, 0.25) is 0 Å². The van der Waals surface area contributed by atoms with Crippen LogP contribution in [0, 0.1) is 11.8 Å². The molecule has 0 radical (unpaired) electrons. The van der Waals surface area contributed by atoms with Crippen molar-refractivity contribution in [2.45, 2.75) is 64.0 Å². The quantitative estimate of drug-likeness (QED) is 0.891. The molecule has 20 heavy (non-hydrogen) atoms. The zero-order valence-electron chi connectivity index (χ0n) is 12.8. The Bertz CT molecular complexity index is 466. The molecule has 2 heteroatoms. The lowest BCUT2D eigenvalue weighted by Gasteiger charge is -2.39. The zero-order chi connectivity index (χ0) is 14.2. The van der Waals surface area contributed by atoms with E-state index in [4.69, 9.17) is 10.5 Å². The van der Waals surface area contributed by atoms with Gasteiger partial charge in [0.05, 0.1) is 6.10 Å². The van der Waals surface area contributed by atoms with Crippen LogP contribution in [0.5, 0.6) is 5.75 Å². The van der Waals surface area contributed by atoms with Gasteiger partial charge in [-0.2, -0.15) is 0 Å². The van der Waals surface area contributed by atoms with Crippen molar-refractivity contribution in [2.75, 3.05) is 0 Å². The van der Waals surface area contributed by atoms with E-state index in [1.165, 1.54) is 31.2 Å². The fourth-order valence-electron chi connectivity index (χ4n) is 3.74. The van der Waals surface area contributed by atoms with E-state index in [0.29, 0.717) is 0 Å². The Morgan fingerprint density at radius 2 is 2.00 bits per heavy atom. The number of hydrogen-bond acceptors (Lipinski definition) is 2. The predicted octanol–water partition coefficient (Wildman–Crippen LogP) is 4.23. The number of nitrogens with two attached hydrogens (primary N) is 1. The SMILES string of the molecule is CC(C)Oc1cccc(C2(N)CCCC(C3CC3)C2)c1. The summed E-state index contributed by atoms with van der Waals surface area (Å²) in [6.07, 6.45) is 7.99. The van der Waals surface area contributed by atoms with Gasteiger partial charge >= 0.3 is 0 Å². The first-order valence-corrected chi connectivity index (χ1v) is 8.13. The summed E-state index contributed by atoms with van der Waals surface area (Å²) < 4.78 is 5.82. The highest BCUT2D eigenvalue weighted by molar-refractivity contribution is 5.34. The molecule has 0 saturated heterocycles. The van der Waals surface area contributed by atoms with Gasteiger partial charge in [0.1, 0.15) is 5.75 Å². The average Bonchev–Trinajstić information content (AvgIpc) is 3.22. The van der Waals surface area contributed by atoms with Gasteiger partial charge < -0.3 is 10.5 Å². The summed E-state index contributed by atoms with van der Waals surface area (Å²) in [4.78, 5) is 0. The first-order chi connectivity index (χ1) is 9.57. The van der Waals surface area contributed by atoms with Gasteiger partial charge in [-0.05, 0) is 69.1 Å². The molecular formula is C18H27NO. The number of ether oxygens (including phenoxy) is 1. The fraction of sp³-hybridized carbons (Fsp3) is 0.667.